The van der Waals surface area contributed by atoms with Crippen molar-refractivity contribution in [3.63, 3.8) is 0 Å². The quantitative estimate of drug-likeness (QED) is 0.0591. The van der Waals surface area contributed by atoms with Crippen molar-refractivity contribution < 1.29 is 33.4 Å². The molecule has 0 aliphatic carbocycles. The van der Waals surface area contributed by atoms with Gasteiger partial charge in [0.2, 0.25) is 5.91 Å². The van der Waals surface area contributed by atoms with Crippen molar-refractivity contribution in [2.24, 2.45) is 0 Å². The van der Waals surface area contributed by atoms with E-state index in [-0.39, 0.29) is 61.8 Å². The number of aromatic nitrogens is 4. The van der Waals surface area contributed by atoms with Crippen LogP contribution in [0.15, 0.2) is 54.7 Å². The number of nitrogens with one attached hydrogen (secondary N) is 1. The second kappa shape index (κ2) is 19.5. The summed E-state index contributed by atoms with van der Waals surface area (Å²) in [6.45, 7) is 18.0. The molecule has 0 bridgehead atoms. The number of ether oxygens (including phenoxy) is 2. The van der Waals surface area contributed by atoms with E-state index in [1.807, 2.05) is 64.1 Å². The molecule has 2 aromatic carbocycles. The van der Waals surface area contributed by atoms with Gasteiger partial charge in [-0.1, -0.05) is 43.6 Å². The topological polar surface area (TPSA) is 164 Å². The summed E-state index contributed by atoms with van der Waals surface area (Å²) >= 11 is 0. The Morgan fingerprint density at radius 1 is 0.943 bits per heavy atom. The molecule has 4 aliphatic heterocycles. The molecule has 9 rings (SSSR count). The number of hydrogen-bond donors (Lipinski definition) is 1. The van der Waals surface area contributed by atoms with Gasteiger partial charge in [0, 0.05) is 86.2 Å². The lowest BCUT2D eigenvalue weighted by atomic mass is 10.0. The van der Waals surface area contributed by atoms with Crippen molar-refractivity contribution >= 4 is 65.4 Å². The summed E-state index contributed by atoms with van der Waals surface area (Å²) < 4.78 is 15.3. The molecule has 2 atom stereocenters. The van der Waals surface area contributed by atoms with Crippen LogP contribution in [0.2, 0.25) is 25.7 Å². The van der Waals surface area contributed by atoms with Crippen LogP contribution in [0.1, 0.15) is 115 Å². The number of hydrogen-bond acceptors (Lipinski definition) is 11. The van der Waals surface area contributed by atoms with E-state index in [1.54, 1.807) is 27.8 Å². The minimum atomic E-state index is -1.34. The van der Waals surface area contributed by atoms with Crippen LogP contribution >= 0.6 is 0 Å². The largest absolute Gasteiger partial charge is 0.443 e. The van der Waals surface area contributed by atoms with Gasteiger partial charge in [0.25, 0.3) is 17.7 Å². The Balaban J connectivity index is 0.837. The molecule has 0 saturated carbocycles. The van der Waals surface area contributed by atoms with Crippen LogP contribution in [-0.2, 0) is 25.6 Å². The van der Waals surface area contributed by atoms with Gasteiger partial charge in [0.1, 0.15) is 24.2 Å². The van der Waals surface area contributed by atoms with E-state index >= 15 is 0 Å². The number of likely N-dealkylation sites (tertiary alicyclic amines) is 3. The van der Waals surface area contributed by atoms with Crippen LogP contribution in [0, 0.1) is 18.8 Å². The Hall–Kier alpha value is -6.19. The number of fused-ring (bicyclic) bond motifs is 3. The van der Waals surface area contributed by atoms with Crippen molar-refractivity contribution in [2.45, 2.75) is 122 Å². The lowest BCUT2D eigenvalue weighted by Crippen LogP contribution is -2.55. The fourth-order valence-electron chi connectivity index (χ4n) is 10.2. The van der Waals surface area contributed by atoms with E-state index in [2.05, 4.69) is 63.3 Å². The first-order chi connectivity index (χ1) is 33.3. The molecule has 7 heterocycles. The van der Waals surface area contributed by atoms with Crippen molar-refractivity contribution in [1.29, 1.82) is 0 Å². The van der Waals surface area contributed by atoms with Crippen molar-refractivity contribution in [1.82, 2.24) is 38.9 Å². The number of imide groups is 1. The Morgan fingerprint density at radius 2 is 1.73 bits per heavy atom. The molecule has 1 unspecified atom stereocenters. The van der Waals surface area contributed by atoms with Crippen molar-refractivity contribution in [3.05, 3.63) is 88.4 Å². The highest BCUT2D eigenvalue weighted by Crippen LogP contribution is 2.36. The molecule has 17 heteroatoms. The standard InChI is InChI=1S/C53H65N9O7Si/c1-34-39-17-16-36(49(64)55-47-30-44-37(31-54-47)29-46(42-15-11-22-57(42)5)61(44)52(67)69-53(2,3)4)28-45(39)62(56-34)38-20-24-58(25-21-38)23-10-13-35-12-9-14-40-41(35)32-59(50(40)65)43-18-19-48(63)60(51(43)66)33-68-26-27-70(6,7)8/h9,12,14,16-17,28-31,38,42-43H,11,15,18-27,32-33H2,1-8H3,(H,54,55,64)/t42-,43?/m1/s1. The summed E-state index contributed by atoms with van der Waals surface area (Å²) in [6.07, 6.45) is 5.34. The SMILES string of the molecule is Cc1nn(C2CCN(CC#Cc3cccc4c3CN(C3CCC(=O)N(COCC[Si](C)(C)C)C3=O)C4=O)CC2)c2cc(C(=O)Nc3cc4c(cn3)cc([C@H]3CCCN3C)n4C(=O)OC(C)(C)C)ccc12. The van der Waals surface area contributed by atoms with Crippen LogP contribution < -0.4 is 5.32 Å². The Labute approximate surface area is 410 Å². The third kappa shape index (κ3) is 10.2. The number of piperidine rings is 2. The summed E-state index contributed by atoms with van der Waals surface area (Å²) in [5.41, 5.74) is 5.14. The third-order valence-electron chi connectivity index (χ3n) is 14.0. The lowest BCUT2D eigenvalue weighted by Gasteiger charge is -2.35. The Morgan fingerprint density at radius 3 is 2.46 bits per heavy atom. The van der Waals surface area contributed by atoms with Crippen LogP contribution in [0.25, 0.3) is 21.8 Å². The summed E-state index contributed by atoms with van der Waals surface area (Å²) in [5, 5.41) is 9.73. The van der Waals surface area contributed by atoms with E-state index in [4.69, 9.17) is 14.6 Å². The maximum atomic E-state index is 13.9. The van der Waals surface area contributed by atoms with E-state index in [9.17, 15) is 24.0 Å². The molecule has 70 heavy (non-hydrogen) atoms. The number of rotatable bonds is 11. The second-order valence-corrected chi connectivity index (χ2v) is 27.1. The van der Waals surface area contributed by atoms with Crippen molar-refractivity contribution in [3.8, 4) is 11.8 Å². The fourth-order valence-corrected chi connectivity index (χ4v) is 11.0. The Kier molecular flexibility index (Phi) is 13.6. The van der Waals surface area contributed by atoms with Gasteiger partial charge in [-0.25, -0.2) is 14.3 Å². The van der Waals surface area contributed by atoms with Crippen LogP contribution in [0.5, 0.6) is 0 Å². The number of pyridine rings is 1. The van der Waals surface area contributed by atoms with Gasteiger partial charge >= 0.3 is 6.09 Å². The van der Waals surface area contributed by atoms with Crippen LogP contribution in [-0.4, -0.2) is 135 Å². The fraction of sp³-hybridized carbons (Fsp3) is 0.491. The second-order valence-electron chi connectivity index (χ2n) is 21.5. The van der Waals surface area contributed by atoms with Gasteiger partial charge in [-0.2, -0.15) is 5.10 Å². The van der Waals surface area contributed by atoms with E-state index in [0.717, 1.165) is 90.2 Å². The maximum absolute atomic E-state index is 13.9. The monoisotopic (exact) mass is 967 g/mol. The number of amides is 4. The van der Waals surface area contributed by atoms with E-state index in [0.29, 0.717) is 35.6 Å². The normalized spacial score (nSPS) is 19.6. The summed E-state index contributed by atoms with van der Waals surface area (Å²) in [7, 11) is 0.728. The highest BCUT2D eigenvalue weighted by atomic mass is 28.3. The molecule has 4 aliphatic rings. The molecule has 16 nitrogen and oxygen atoms in total. The van der Waals surface area contributed by atoms with Gasteiger partial charge in [0.15, 0.2) is 0 Å². The molecule has 3 aromatic heterocycles. The molecule has 0 radical (unpaired) electrons. The average molecular weight is 968 g/mol. The van der Waals surface area contributed by atoms with Gasteiger partial charge in [-0.15, -0.1) is 0 Å². The zero-order valence-electron chi connectivity index (χ0n) is 41.8. The average Bonchev–Trinajstić information content (AvgIpc) is 4.08. The minimum Gasteiger partial charge on any atom is -0.443 e. The number of carbonyl (C=O) groups excluding carboxylic acids is 5. The van der Waals surface area contributed by atoms with E-state index in [1.165, 1.54) is 4.90 Å². The molecule has 3 saturated heterocycles. The number of benzene rings is 2. The smallest absolute Gasteiger partial charge is 0.419 e. The first-order valence-corrected chi connectivity index (χ1v) is 28.4. The zero-order chi connectivity index (χ0) is 49.6. The molecular weight excluding hydrogens is 903 g/mol. The molecule has 3 fully saturated rings. The summed E-state index contributed by atoms with van der Waals surface area (Å²) in [4.78, 5) is 79.6. The number of carbonyl (C=O) groups is 5. The maximum Gasteiger partial charge on any atom is 0.419 e. The highest BCUT2D eigenvalue weighted by molar-refractivity contribution is 6.76. The third-order valence-corrected chi connectivity index (χ3v) is 15.8. The molecule has 5 aromatic rings. The van der Waals surface area contributed by atoms with Gasteiger partial charge in [-0.3, -0.25) is 38.6 Å². The molecule has 0 spiro atoms. The molecule has 368 valence electrons. The number of nitrogens with zero attached hydrogens (tertiary/aromatic N) is 8. The molecular formula is C53H65N9O7Si. The van der Waals surface area contributed by atoms with Crippen molar-refractivity contribution in [2.75, 3.05) is 51.9 Å². The van der Waals surface area contributed by atoms with Gasteiger partial charge in [-0.05, 0) is 115 Å². The molecule has 4 amide bonds. The number of anilines is 1. The Bertz CT molecular complexity index is 2950. The van der Waals surface area contributed by atoms with Gasteiger partial charge < -0.3 is 19.7 Å². The predicted octanol–water partition coefficient (Wildman–Crippen LogP) is 7.97. The first-order valence-electron chi connectivity index (χ1n) is 24.6. The van der Waals surface area contributed by atoms with Crippen LogP contribution in [0.3, 0.4) is 0 Å². The van der Waals surface area contributed by atoms with Gasteiger partial charge in [0.05, 0.1) is 35.4 Å². The first kappa shape index (κ1) is 48.8. The van der Waals surface area contributed by atoms with Crippen LogP contribution in [0.4, 0.5) is 10.6 Å². The lowest BCUT2D eigenvalue weighted by molar-refractivity contribution is -0.158. The highest BCUT2D eigenvalue weighted by Gasteiger charge is 2.43. The number of aryl methyl sites for hydroxylation is 1. The zero-order valence-corrected chi connectivity index (χ0v) is 42.8. The summed E-state index contributed by atoms with van der Waals surface area (Å²) in [6, 6.07) is 15.3. The predicted molar refractivity (Wildman–Crippen MR) is 270 cm³/mol. The van der Waals surface area contributed by atoms with E-state index < -0.39 is 25.8 Å². The molecule has 1 N–H and O–H groups in total. The minimum absolute atomic E-state index is 0.0579. The summed E-state index contributed by atoms with van der Waals surface area (Å²) in [5.74, 6) is 5.83.